The van der Waals surface area contributed by atoms with E-state index in [4.69, 9.17) is 23.2 Å². The molecule has 0 fully saturated rings. The van der Waals surface area contributed by atoms with E-state index in [0.717, 1.165) is 0 Å². The zero-order valence-electron chi connectivity index (χ0n) is 12.1. The number of hydrogen-bond donors (Lipinski definition) is 1. The van der Waals surface area contributed by atoms with Gasteiger partial charge in [-0.25, -0.2) is 8.42 Å². The average molecular weight is 353 g/mol. The van der Waals surface area contributed by atoms with Crippen LogP contribution in [0.5, 0.6) is 0 Å². The molecule has 118 valence electrons. The van der Waals surface area contributed by atoms with Crippen LogP contribution < -0.4 is 5.32 Å². The minimum atomic E-state index is -3.61. The van der Waals surface area contributed by atoms with E-state index >= 15 is 0 Å². The summed E-state index contributed by atoms with van der Waals surface area (Å²) in [6, 6.07) is 4.19. The Labute approximate surface area is 135 Å². The van der Waals surface area contributed by atoms with Gasteiger partial charge in [0.2, 0.25) is 15.9 Å². The molecular weight excluding hydrogens is 335 g/mol. The zero-order chi connectivity index (χ0) is 16.2. The van der Waals surface area contributed by atoms with Gasteiger partial charge in [0.05, 0.1) is 15.6 Å². The van der Waals surface area contributed by atoms with Crippen molar-refractivity contribution in [1.82, 2.24) is 4.31 Å². The normalized spacial score (nSPS) is 13.2. The Morgan fingerprint density at radius 2 is 1.90 bits per heavy atom. The maximum atomic E-state index is 12.4. The van der Waals surface area contributed by atoms with Crippen LogP contribution in [-0.2, 0) is 14.8 Å². The molecule has 0 bridgehead atoms. The first-order chi connectivity index (χ1) is 9.73. The van der Waals surface area contributed by atoms with Crippen molar-refractivity contribution in [3.8, 4) is 0 Å². The second kappa shape index (κ2) is 7.45. The molecule has 0 heterocycles. The van der Waals surface area contributed by atoms with Gasteiger partial charge < -0.3 is 5.32 Å². The van der Waals surface area contributed by atoms with Gasteiger partial charge >= 0.3 is 0 Å². The van der Waals surface area contributed by atoms with Crippen molar-refractivity contribution >= 4 is 44.8 Å². The lowest BCUT2D eigenvalue weighted by Crippen LogP contribution is -2.30. The molecule has 8 heteroatoms. The van der Waals surface area contributed by atoms with Crippen LogP contribution in [0.25, 0.3) is 0 Å². The highest BCUT2D eigenvalue weighted by atomic mass is 35.5. The summed E-state index contributed by atoms with van der Waals surface area (Å²) in [6.45, 7) is 5.76. The molecule has 1 rings (SSSR count). The Kier molecular flexibility index (Phi) is 6.46. The summed E-state index contributed by atoms with van der Waals surface area (Å²) in [5.41, 5.74) is 0.224. The third kappa shape index (κ3) is 4.32. The number of nitrogens with one attached hydrogen (secondary N) is 1. The second-order valence-electron chi connectivity index (χ2n) is 4.34. The minimum Gasteiger partial charge on any atom is -0.323 e. The summed E-state index contributed by atoms with van der Waals surface area (Å²) in [5.74, 6) is -0.448. The summed E-state index contributed by atoms with van der Waals surface area (Å²) in [7, 11) is -3.61. The van der Waals surface area contributed by atoms with E-state index in [-0.39, 0.29) is 15.6 Å². The highest BCUT2D eigenvalue weighted by Gasteiger charge is 2.23. The molecule has 5 nitrogen and oxygen atoms in total. The molecule has 1 atom stereocenters. The number of sulfonamides is 1. The summed E-state index contributed by atoms with van der Waals surface area (Å²) in [6.07, 6.45) is 0. The maximum absolute atomic E-state index is 12.4. The SMILES string of the molecule is CCN(CC)S(=O)(=O)c1ccc(Cl)c(NC(=O)C(C)Cl)c1. The number of benzene rings is 1. The van der Waals surface area contributed by atoms with Gasteiger partial charge in [0.25, 0.3) is 0 Å². The van der Waals surface area contributed by atoms with Crippen molar-refractivity contribution < 1.29 is 13.2 Å². The Balaban J connectivity index is 3.21. The smallest absolute Gasteiger partial charge is 0.243 e. The second-order valence-corrected chi connectivity index (χ2v) is 7.34. The lowest BCUT2D eigenvalue weighted by molar-refractivity contribution is -0.115. The van der Waals surface area contributed by atoms with Crippen molar-refractivity contribution in [3.05, 3.63) is 23.2 Å². The highest BCUT2D eigenvalue weighted by Crippen LogP contribution is 2.27. The van der Waals surface area contributed by atoms with Gasteiger partial charge in [-0.15, -0.1) is 11.6 Å². The van der Waals surface area contributed by atoms with Gasteiger partial charge in [0, 0.05) is 13.1 Å². The molecule has 1 N–H and O–H groups in total. The summed E-state index contributed by atoms with van der Waals surface area (Å²) >= 11 is 11.7. The van der Waals surface area contributed by atoms with Crippen LogP contribution in [-0.4, -0.2) is 37.1 Å². The van der Waals surface area contributed by atoms with Crippen LogP contribution in [0.3, 0.4) is 0 Å². The number of amides is 1. The molecule has 0 aliphatic carbocycles. The lowest BCUT2D eigenvalue weighted by atomic mass is 10.3. The molecule has 0 aliphatic rings. The monoisotopic (exact) mass is 352 g/mol. The molecule has 0 aliphatic heterocycles. The summed E-state index contributed by atoms with van der Waals surface area (Å²) < 4.78 is 26.2. The van der Waals surface area contributed by atoms with Crippen LogP contribution in [0.4, 0.5) is 5.69 Å². The number of nitrogens with zero attached hydrogens (tertiary/aromatic N) is 1. The standard InChI is InChI=1S/C13H18Cl2N2O3S/c1-4-17(5-2)21(19,20)10-6-7-11(15)12(8-10)16-13(18)9(3)14/h6-9H,4-5H2,1-3H3,(H,16,18). The minimum absolute atomic E-state index is 0.0770. The maximum Gasteiger partial charge on any atom is 0.243 e. The molecule has 0 aromatic heterocycles. The van der Waals surface area contributed by atoms with Crippen LogP contribution in [0, 0.1) is 0 Å². The van der Waals surface area contributed by atoms with E-state index in [1.165, 1.54) is 29.4 Å². The fourth-order valence-electron chi connectivity index (χ4n) is 1.71. The van der Waals surface area contributed by atoms with Crippen LogP contribution in [0.1, 0.15) is 20.8 Å². The van der Waals surface area contributed by atoms with Gasteiger partial charge in [-0.05, 0) is 25.1 Å². The quantitative estimate of drug-likeness (QED) is 0.800. The zero-order valence-corrected chi connectivity index (χ0v) is 14.4. The number of alkyl halides is 1. The Bertz CT molecular complexity index is 614. The number of halogens is 2. The molecule has 1 aromatic rings. The molecule has 0 saturated heterocycles. The van der Waals surface area contributed by atoms with Crippen molar-refractivity contribution in [3.63, 3.8) is 0 Å². The Morgan fingerprint density at radius 3 is 2.38 bits per heavy atom. The highest BCUT2D eigenvalue weighted by molar-refractivity contribution is 7.89. The number of carbonyl (C=O) groups excluding carboxylic acids is 1. The van der Waals surface area contributed by atoms with E-state index in [0.29, 0.717) is 13.1 Å². The van der Waals surface area contributed by atoms with Gasteiger partial charge in [-0.1, -0.05) is 25.4 Å². The molecule has 0 radical (unpaired) electrons. The van der Waals surface area contributed by atoms with E-state index in [1.807, 2.05) is 0 Å². The predicted molar refractivity (Wildman–Crippen MR) is 85.5 cm³/mol. The third-order valence-corrected chi connectivity index (χ3v) is 5.47. The number of hydrogen-bond acceptors (Lipinski definition) is 3. The van der Waals surface area contributed by atoms with E-state index in [9.17, 15) is 13.2 Å². The van der Waals surface area contributed by atoms with Gasteiger partial charge in [0.15, 0.2) is 0 Å². The fourth-order valence-corrected chi connectivity index (χ4v) is 3.41. The van der Waals surface area contributed by atoms with Crippen molar-refractivity contribution in [2.45, 2.75) is 31.0 Å². The number of anilines is 1. The topological polar surface area (TPSA) is 66.5 Å². The molecule has 0 saturated carbocycles. The molecule has 1 unspecified atom stereocenters. The Hall–Kier alpha value is -0.820. The first-order valence-corrected chi connectivity index (χ1v) is 8.74. The van der Waals surface area contributed by atoms with E-state index in [2.05, 4.69) is 5.32 Å². The number of carbonyl (C=O) groups is 1. The van der Waals surface area contributed by atoms with Crippen molar-refractivity contribution in [1.29, 1.82) is 0 Å². The average Bonchev–Trinajstić information content (AvgIpc) is 2.41. The lowest BCUT2D eigenvalue weighted by Gasteiger charge is -2.19. The molecular formula is C13H18Cl2N2O3S. The van der Waals surface area contributed by atoms with Crippen LogP contribution in [0.2, 0.25) is 5.02 Å². The van der Waals surface area contributed by atoms with Crippen LogP contribution in [0.15, 0.2) is 23.1 Å². The van der Waals surface area contributed by atoms with Crippen molar-refractivity contribution in [2.75, 3.05) is 18.4 Å². The summed E-state index contributed by atoms with van der Waals surface area (Å²) in [4.78, 5) is 11.7. The number of rotatable bonds is 6. The first kappa shape index (κ1) is 18.2. The third-order valence-electron chi connectivity index (χ3n) is 2.90. The van der Waals surface area contributed by atoms with Crippen molar-refractivity contribution in [2.24, 2.45) is 0 Å². The summed E-state index contributed by atoms with van der Waals surface area (Å²) in [5, 5.41) is 2.01. The molecule has 1 aromatic carbocycles. The molecule has 0 spiro atoms. The van der Waals surface area contributed by atoms with Gasteiger partial charge in [0.1, 0.15) is 5.38 Å². The molecule has 1 amide bonds. The van der Waals surface area contributed by atoms with Gasteiger partial charge in [-0.3, -0.25) is 4.79 Å². The Morgan fingerprint density at radius 1 is 1.33 bits per heavy atom. The first-order valence-electron chi connectivity index (χ1n) is 6.48. The predicted octanol–water partition coefficient (Wildman–Crippen LogP) is 2.94. The fraction of sp³-hybridized carbons (Fsp3) is 0.462. The van der Waals surface area contributed by atoms with Gasteiger partial charge in [-0.2, -0.15) is 4.31 Å². The molecule has 21 heavy (non-hydrogen) atoms. The van der Waals surface area contributed by atoms with Crippen LogP contribution >= 0.6 is 23.2 Å². The van der Waals surface area contributed by atoms with E-state index in [1.54, 1.807) is 13.8 Å². The largest absolute Gasteiger partial charge is 0.323 e. The van der Waals surface area contributed by atoms with E-state index < -0.39 is 21.3 Å².